The van der Waals surface area contributed by atoms with Crippen LogP contribution in [0.4, 0.5) is 4.39 Å². The molecule has 1 aliphatic rings. The maximum absolute atomic E-state index is 13.2. The largest absolute Gasteiger partial charge is 0.496 e. The first kappa shape index (κ1) is 21.3. The monoisotopic (exact) mass is 413 g/mol. The molecule has 2 aromatic carbocycles. The molecule has 2 atom stereocenters. The van der Waals surface area contributed by atoms with Gasteiger partial charge in [0.2, 0.25) is 11.8 Å². The topological polar surface area (TPSA) is 87.7 Å². The third-order valence-electron chi connectivity index (χ3n) is 5.13. The third kappa shape index (κ3) is 4.76. The molecule has 0 aromatic heterocycles. The van der Waals surface area contributed by atoms with E-state index >= 15 is 0 Å². The van der Waals surface area contributed by atoms with Crippen LogP contribution >= 0.6 is 0 Å². The highest BCUT2D eigenvalue weighted by Gasteiger charge is 2.39. The highest BCUT2D eigenvalue weighted by molar-refractivity contribution is 5.97. The van der Waals surface area contributed by atoms with Crippen LogP contribution in [-0.4, -0.2) is 49.4 Å². The van der Waals surface area contributed by atoms with E-state index in [9.17, 15) is 18.8 Å². The second kappa shape index (κ2) is 9.39. The molecular weight excluding hydrogens is 389 g/mol. The van der Waals surface area contributed by atoms with Crippen molar-refractivity contribution in [1.29, 1.82) is 0 Å². The van der Waals surface area contributed by atoms with Crippen LogP contribution in [0, 0.1) is 5.82 Å². The molecule has 2 N–H and O–H groups in total. The van der Waals surface area contributed by atoms with Crippen LogP contribution < -0.4 is 15.4 Å². The molecule has 1 aliphatic heterocycles. The van der Waals surface area contributed by atoms with Gasteiger partial charge in [0.25, 0.3) is 5.91 Å². The van der Waals surface area contributed by atoms with E-state index < -0.39 is 6.04 Å². The molecule has 3 rings (SSSR count). The number of hydrogen-bond donors (Lipinski definition) is 2. The summed E-state index contributed by atoms with van der Waals surface area (Å²) in [6, 6.07) is 11.9. The first-order valence-electron chi connectivity index (χ1n) is 9.62. The van der Waals surface area contributed by atoms with Crippen LogP contribution in [0.5, 0.6) is 5.75 Å². The van der Waals surface area contributed by atoms with E-state index in [1.54, 1.807) is 48.3 Å². The van der Waals surface area contributed by atoms with Gasteiger partial charge in [-0.2, -0.15) is 0 Å². The molecule has 1 heterocycles. The van der Waals surface area contributed by atoms with E-state index in [4.69, 9.17) is 4.74 Å². The Morgan fingerprint density at radius 1 is 1.17 bits per heavy atom. The van der Waals surface area contributed by atoms with Gasteiger partial charge in [-0.15, -0.1) is 0 Å². The fourth-order valence-electron chi connectivity index (χ4n) is 3.61. The molecular formula is C22H24FN3O4. The van der Waals surface area contributed by atoms with E-state index in [1.165, 1.54) is 19.2 Å². The molecule has 0 aliphatic carbocycles. The maximum Gasteiger partial charge on any atom is 0.255 e. The second-order valence-electron chi connectivity index (χ2n) is 7.09. The van der Waals surface area contributed by atoms with Crippen molar-refractivity contribution in [3.05, 3.63) is 65.5 Å². The summed E-state index contributed by atoms with van der Waals surface area (Å²) in [4.78, 5) is 38.4. The molecule has 0 radical (unpaired) electrons. The number of nitrogens with zero attached hydrogens (tertiary/aromatic N) is 1. The Bertz CT molecular complexity index is 932. The first-order valence-corrected chi connectivity index (χ1v) is 9.62. The number of para-hydroxylation sites is 1. The van der Waals surface area contributed by atoms with Gasteiger partial charge in [0.05, 0.1) is 24.8 Å². The van der Waals surface area contributed by atoms with Gasteiger partial charge < -0.3 is 20.3 Å². The second-order valence-corrected chi connectivity index (χ2v) is 7.09. The van der Waals surface area contributed by atoms with Gasteiger partial charge in [0, 0.05) is 26.4 Å². The van der Waals surface area contributed by atoms with Crippen molar-refractivity contribution in [2.75, 3.05) is 20.7 Å². The molecule has 1 fully saturated rings. The minimum Gasteiger partial charge on any atom is -0.496 e. The first-order chi connectivity index (χ1) is 14.4. The van der Waals surface area contributed by atoms with Gasteiger partial charge in [-0.05, 0) is 29.8 Å². The van der Waals surface area contributed by atoms with Gasteiger partial charge >= 0.3 is 0 Å². The smallest absolute Gasteiger partial charge is 0.255 e. The van der Waals surface area contributed by atoms with E-state index in [0.717, 1.165) is 5.56 Å². The lowest BCUT2D eigenvalue weighted by Crippen LogP contribution is -2.40. The molecule has 0 saturated carbocycles. The zero-order valence-electron chi connectivity index (χ0n) is 16.9. The van der Waals surface area contributed by atoms with Crippen molar-refractivity contribution in [1.82, 2.24) is 15.5 Å². The van der Waals surface area contributed by atoms with Gasteiger partial charge in [-0.25, -0.2) is 4.39 Å². The number of likely N-dealkylation sites (N-methyl/N-ethyl adjacent to an activating group) is 1. The molecule has 158 valence electrons. The highest BCUT2D eigenvalue weighted by Crippen LogP contribution is 2.32. The summed E-state index contributed by atoms with van der Waals surface area (Å²) in [5, 5.41) is 5.57. The SMILES string of the molecule is COc1ccccc1C(=O)NCCC(=O)N[C@H]1CC(=O)N(C)[C@H]1c1ccc(F)cc1. The maximum atomic E-state index is 13.2. The van der Waals surface area contributed by atoms with Gasteiger partial charge in [-0.1, -0.05) is 24.3 Å². The molecule has 8 heteroatoms. The van der Waals surface area contributed by atoms with E-state index in [-0.39, 0.29) is 49.0 Å². The van der Waals surface area contributed by atoms with Crippen molar-refractivity contribution < 1.29 is 23.5 Å². The molecule has 0 bridgehead atoms. The summed E-state index contributed by atoms with van der Waals surface area (Å²) in [6.45, 7) is 0.139. The number of nitrogens with one attached hydrogen (secondary N) is 2. The molecule has 3 amide bonds. The summed E-state index contributed by atoms with van der Waals surface area (Å²) >= 11 is 0. The lowest BCUT2D eigenvalue weighted by molar-refractivity contribution is -0.127. The average molecular weight is 413 g/mol. The Balaban J connectivity index is 1.56. The number of carbonyl (C=O) groups is 3. The zero-order valence-corrected chi connectivity index (χ0v) is 16.9. The number of rotatable bonds is 7. The van der Waals surface area contributed by atoms with E-state index in [1.807, 2.05) is 0 Å². The molecule has 0 spiro atoms. The molecule has 0 unspecified atom stereocenters. The van der Waals surface area contributed by atoms with Crippen LogP contribution in [-0.2, 0) is 9.59 Å². The van der Waals surface area contributed by atoms with Crippen molar-refractivity contribution in [3.63, 3.8) is 0 Å². The molecule has 7 nitrogen and oxygen atoms in total. The summed E-state index contributed by atoms with van der Waals surface area (Å²) in [5.74, 6) is -0.624. The van der Waals surface area contributed by atoms with E-state index in [0.29, 0.717) is 11.3 Å². The summed E-state index contributed by atoms with van der Waals surface area (Å²) in [5.41, 5.74) is 1.14. The molecule has 1 saturated heterocycles. The van der Waals surface area contributed by atoms with Crippen molar-refractivity contribution in [3.8, 4) is 5.75 Å². The number of halogens is 1. The summed E-state index contributed by atoms with van der Waals surface area (Å²) in [6.07, 6.45) is 0.225. The standard InChI is InChI=1S/C22H24FN3O4/c1-26-20(28)13-17(21(26)14-7-9-15(23)10-8-14)25-19(27)11-12-24-22(29)16-5-3-4-6-18(16)30-2/h3-10,17,21H,11-13H2,1-2H3,(H,24,29)(H,25,27)/t17-,21-/m0/s1. The Labute approximate surface area is 174 Å². The Morgan fingerprint density at radius 3 is 2.57 bits per heavy atom. The number of methoxy groups -OCH3 is 1. The van der Waals surface area contributed by atoms with Crippen LogP contribution in [0.2, 0.25) is 0 Å². The summed E-state index contributed by atoms with van der Waals surface area (Å²) < 4.78 is 18.4. The number of hydrogen-bond acceptors (Lipinski definition) is 4. The zero-order chi connectivity index (χ0) is 21.7. The minimum absolute atomic E-state index is 0.0609. The third-order valence-corrected chi connectivity index (χ3v) is 5.13. The number of ether oxygens (including phenoxy) is 1. The van der Waals surface area contributed by atoms with Crippen molar-refractivity contribution >= 4 is 17.7 Å². The number of benzene rings is 2. The van der Waals surface area contributed by atoms with Crippen LogP contribution in [0.15, 0.2) is 48.5 Å². The van der Waals surface area contributed by atoms with Crippen LogP contribution in [0.3, 0.4) is 0 Å². The van der Waals surface area contributed by atoms with Gasteiger partial charge in [0.15, 0.2) is 0 Å². The Hall–Kier alpha value is -3.42. The highest BCUT2D eigenvalue weighted by atomic mass is 19.1. The van der Waals surface area contributed by atoms with Crippen LogP contribution in [0.25, 0.3) is 0 Å². The lowest BCUT2D eigenvalue weighted by Gasteiger charge is -2.26. The molecule has 2 aromatic rings. The minimum atomic E-state index is -0.426. The van der Waals surface area contributed by atoms with Crippen molar-refractivity contribution in [2.45, 2.75) is 24.9 Å². The van der Waals surface area contributed by atoms with E-state index in [2.05, 4.69) is 10.6 Å². The lowest BCUT2D eigenvalue weighted by atomic mass is 10.00. The van der Waals surface area contributed by atoms with Gasteiger partial charge in [0.1, 0.15) is 11.6 Å². The fourth-order valence-corrected chi connectivity index (χ4v) is 3.61. The van der Waals surface area contributed by atoms with Gasteiger partial charge in [-0.3, -0.25) is 14.4 Å². The predicted octanol–water partition coefficient (Wildman–Crippen LogP) is 2.04. The number of likely N-dealkylation sites (tertiary alicyclic amines) is 1. The predicted molar refractivity (Wildman–Crippen MR) is 108 cm³/mol. The Morgan fingerprint density at radius 2 is 1.87 bits per heavy atom. The summed E-state index contributed by atoms with van der Waals surface area (Å²) in [7, 11) is 3.15. The van der Waals surface area contributed by atoms with Crippen LogP contribution in [0.1, 0.15) is 34.8 Å². The normalized spacial score (nSPS) is 18.2. The fraction of sp³-hybridized carbons (Fsp3) is 0.318. The average Bonchev–Trinajstić information content (AvgIpc) is 3.01. The number of amides is 3. The number of carbonyl (C=O) groups excluding carboxylic acids is 3. The molecule has 30 heavy (non-hydrogen) atoms. The Kier molecular flexibility index (Phi) is 6.66. The quantitative estimate of drug-likeness (QED) is 0.727. The van der Waals surface area contributed by atoms with Crippen molar-refractivity contribution in [2.24, 2.45) is 0 Å².